The van der Waals surface area contributed by atoms with E-state index in [0.717, 1.165) is 37.3 Å². The number of rotatable bonds is 3. The maximum Gasteiger partial charge on any atom is 0.129 e. The van der Waals surface area contributed by atoms with Crippen molar-refractivity contribution in [3.8, 4) is 0 Å². The van der Waals surface area contributed by atoms with Crippen molar-refractivity contribution in [1.29, 1.82) is 0 Å². The molecule has 2 aromatic heterocycles. The van der Waals surface area contributed by atoms with E-state index in [1.807, 2.05) is 12.3 Å². The highest BCUT2D eigenvalue weighted by Gasteiger charge is 2.18. The molecule has 2 aromatic rings. The molecule has 0 saturated carbocycles. The zero-order valence-electron chi connectivity index (χ0n) is 10.5. The molecular weight excluding hydrogens is 226 g/mol. The molecule has 1 unspecified atom stereocenters. The maximum atomic E-state index is 4.29. The minimum absolute atomic E-state index is 0.439. The first kappa shape index (κ1) is 11.2. The minimum Gasteiger partial charge on any atom is -0.367 e. The zero-order chi connectivity index (χ0) is 12.4. The van der Waals surface area contributed by atoms with Gasteiger partial charge in [0.15, 0.2) is 0 Å². The number of fused-ring (bicyclic) bond motifs is 1. The normalized spacial score (nSPS) is 18.4. The van der Waals surface area contributed by atoms with E-state index < -0.39 is 0 Å². The Balaban J connectivity index is 1.70. The van der Waals surface area contributed by atoms with Crippen molar-refractivity contribution in [2.24, 2.45) is 0 Å². The lowest BCUT2D eigenvalue weighted by Gasteiger charge is -2.24. The molecule has 1 atom stereocenters. The molecule has 18 heavy (non-hydrogen) atoms. The standard InChI is InChI=1S/C13H17N5/c1-2-10-8-13(15-9-14-10)17-11-4-6-18-12(7-11)3-5-16-18/h3,5,8-9,11H,2,4,6-7H2,1H3,(H,14,15,17). The van der Waals surface area contributed by atoms with Crippen LogP contribution >= 0.6 is 0 Å². The van der Waals surface area contributed by atoms with E-state index in [4.69, 9.17) is 0 Å². The van der Waals surface area contributed by atoms with Crippen LogP contribution in [0.3, 0.4) is 0 Å². The van der Waals surface area contributed by atoms with Crippen LogP contribution in [0.15, 0.2) is 24.7 Å². The Morgan fingerprint density at radius 1 is 1.44 bits per heavy atom. The summed E-state index contributed by atoms with van der Waals surface area (Å²) < 4.78 is 2.08. The molecule has 0 amide bonds. The third-order valence-electron chi connectivity index (χ3n) is 3.39. The van der Waals surface area contributed by atoms with Crippen molar-refractivity contribution in [2.45, 2.75) is 38.8 Å². The van der Waals surface area contributed by atoms with Gasteiger partial charge in [0.1, 0.15) is 12.1 Å². The largest absolute Gasteiger partial charge is 0.367 e. The number of aromatic nitrogens is 4. The topological polar surface area (TPSA) is 55.6 Å². The first-order valence-corrected chi connectivity index (χ1v) is 6.43. The van der Waals surface area contributed by atoms with Gasteiger partial charge in [-0.3, -0.25) is 4.68 Å². The fourth-order valence-corrected chi connectivity index (χ4v) is 2.37. The van der Waals surface area contributed by atoms with Crippen molar-refractivity contribution < 1.29 is 0 Å². The summed E-state index contributed by atoms with van der Waals surface area (Å²) >= 11 is 0. The van der Waals surface area contributed by atoms with Crippen LogP contribution in [0.4, 0.5) is 5.82 Å². The fraction of sp³-hybridized carbons (Fsp3) is 0.462. The van der Waals surface area contributed by atoms with Crippen LogP contribution in [0.25, 0.3) is 0 Å². The van der Waals surface area contributed by atoms with Gasteiger partial charge in [0.05, 0.1) is 0 Å². The molecule has 0 spiro atoms. The van der Waals surface area contributed by atoms with Crippen LogP contribution < -0.4 is 5.32 Å². The highest BCUT2D eigenvalue weighted by molar-refractivity contribution is 5.36. The Labute approximate surface area is 106 Å². The molecular formula is C13H17N5. The second-order valence-corrected chi connectivity index (χ2v) is 4.63. The smallest absolute Gasteiger partial charge is 0.129 e. The fourth-order valence-electron chi connectivity index (χ4n) is 2.37. The highest BCUT2D eigenvalue weighted by atomic mass is 15.3. The van der Waals surface area contributed by atoms with Crippen molar-refractivity contribution in [3.63, 3.8) is 0 Å². The predicted molar refractivity (Wildman–Crippen MR) is 69.4 cm³/mol. The van der Waals surface area contributed by atoms with Gasteiger partial charge in [-0.1, -0.05) is 6.92 Å². The Hall–Kier alpha value is -1.91. The van der Waals surface area contributed by atoms with Gasteiger partial charge in [0.2, 0.25) is 0 Å². The molecule has 0 saturated heterocycles. The minimum atomic E-state index is 0.439. The summed E-state index contributed by atoms with van der Waals surface area (Å²) in [4.78, 5) is 8.49. The SMILES string of the molecule is CCc1cc(NC2CCn3nccc3C2)ncn1. The van der Waals surface area contributed by atoms with Crippen LogP contribution in [0, 0.1) is 0 Å². The first-order valence-electron chi connectivity index (χ1n) is 6.43. The van der Waals surface area contributed by atoms with Gasteiger partial charge in [-0.15, -0.1) is 0 Å². The van der Waals surface area contributed by atoms with Crippen LogP contribution in [-0.2, 0) is 19.4 Å². The zero-order valence-corrected chi connectivity index (χ0v) is 10.5. The van der Waals surface area contributed by atoms with Crippen LogP contribution in [0.2, 0.25) is 0 Å². The molecule has 5 nitrogen and oxygen atoms in total. The van der Waals surface area contributed by atoms with E-state index in [1.54, 1.807) is 6.33 Å². The van der Waals surface area contributed by atoms with Crippen molar-refractivity contribution in [3.05, 3.63) is 36.0 Å². The van der Waals surface area contributed by atoms with Gasteiger partial charge >= 0.3 is 0 Å². The Bertz CT molecular complexity index is 534. The van der Waals surface area contributed by atoms with Gasteiger partial charge in [-0.25, -0.2) is 9.97 Å². The molecule has 3 heterocycles. The Morgan fingerprint density at radius 2 is 2.39 bits per heavy atom. The van der Waals surface area contributed by atoms with Crippen LogP contribution in [0.1, 0.15) is 24.7 Å². The summed E-state index contributed by atoms with van der Waals surface area (Å²) in [5.74, 6) is 0.930. The van der Waals surface area contributed by atoms with Gasteiger partial charge in [-0.2, -0.15) is 5.10 Å². The molecule has 1 N–H and O–H groups in total. The number of nitrogens with zero attached hydrogens (tertiary/aromatic N) is 4. The molecule has 94 valence electrons. The van der Waals surface area contributed by atoms with Crippen molar-refractivity contribution in [2.75, 3.05) is 5.32 Å². The summed E-state index contributed by atoms with van der Waals surface area (Å²) in [5.41, 5.74) is 2.37. The Morgan fingerprint density at radius 3 is 3.28 bits per heavy atom. The summed E-state index contributed by atoms with van der Waals surface area (Å²) in [6, 6.07) is 4.56. The Kier molecular flexibility index (Phi) is 2.96. The monoisotopic (exact) mass is 243 g/mol. The molecule has 1 aliphatic heterocycles. The quantitative estimate of drug-likeness (QED) is 0.890. The first-order chi connectivity index (χ1) is 8.85. The molecule has 0 aromatic carbocycles. The highest BCUT2D eigenvalue weighted by Crippen LogP contribution is 2.17. The number of hydrogen-bond donors (Lipinski definition) is 1. The molecule has 3 rings (SSSR count). The second kappa shape index (κ2) is 4.76. The maximum absolute atomic E-state index is 4.29. The van der Waals surface area contributed by atoms with E-state index in [0.29, 0.717) is 6.04 Å². The number of hydrogen-bond acceptors (Lipinski definition) is 4. The van der Waals surface area contributed by atoms with E-state index in [9.17, 15) is 0 Å². The second-order valence-electron chi connectivity index (χ2n) is 4.63. The summed E-state index contributed by atoms with van der Waals surface area (Å²) in [6.45, 7) is 3.08. The molecule has 0 fully saturated rings. The molecule has 0 bridgehead atoms. The van der Waals surface area contributed by atoms with E-state index in [2.05, 4.69) is 38.1 Å². The average Bonchev–Trinajstić information content (AvgIpc) is 2.86. The van der Waals surface area contributed by atoms with Crippen LogP contribution in [-0.4, -0.2) is 25.8 Å². The summed E-state index contributed by atoms with van der Waals surface area (Å²) in [7, 11) is 0. The molecule has 1 aliphatic rings. The number of anilines is 1. The van der Waals surface area contributed by atoms with E-state index in [-0.39, 0.29) is 0 Å². The molecule has 0 radical (unpaired) electrons. The number of nitrogens with one attached hydrogen (secondary N) is 1. The third-order valence-corrected chi connectivity index (χ3v) is 3.39. The molecule has 0 aliphatic carbocycles. The number of aryl methyl sites for hydroxylation is 2. The van der Waals surface area contributed by atoms with Crippen molar-refractivity contribution in [1.82, 2.24) is 19.7 Å². The van der Waals surface area contributed by atoms with E-state index in [1.165, 1.54) is 5.69 Å². The average molecular weight is 243 g/mol. The summed E-state index contributed by atoms with van der Waals surface area (Å²) in [5, 5.41) is 7.78. The van der Waals surface area contributed by atoms with Gasteiger partial charge in [0.25, 0.3) is 0 Å². The lowest BCUT2D eigenvalue weighted by Crippen LogP contribution is -2.30. The third kappa shape index (κ3) is 2.20. The van der Waals surface area contributed by atoms with Gasteiger partial charge < -0.3 is 5.32 Å². The predicted octanol–water partition coefficient (Wildman–Crippen LogP) is 1.66. The lowest BCUT2D eigenvalue weighted by molar-refractivity contribution is 0.455. The van der Waals surface area contributed by atoms with Crippen molar-refractivity contribution >= 4 is 5.82 Å². The molecule has 5 heteroatoms. The summed E-state index contributed by atoms with van der Waals surface area (Å²) in [6.07, 6.45) is 6.53. The van der Waals surface area contributed by atoms with E-state index >= 15 is 0 Å². The van der Waals surface area contributed by atoms with Crippen LogP contribution in [0.5, 0.6) is 0 Å². The lowest BCUT2D eigenvalue weighted by atomic mass is 10.0. The van der Waals surface area contributed by atoms with Gasteiger partial charge in [-0.05, 0) is 18.9 Å². The van der Waals surface area contributed by atoms with Gasteiger partial charge in [0, 0.05) is 42.7 Å².